The van der Waals surface area contributed by atoms with Crippen molar-refractivity contribution in [3.63, 3.8) is 0 Å². The molecule has 1 atom stereocenters. The Morgan fingerprint density at radius 3 is 2.81 bits per heavy atom. The predicted octanol–water partition coefficient (Wildman–Crippen LogP) is 1.47. The van der Waals surface area contributed by atoms with E-state index in [4.69, 9.17) is 0 Å². The first-order valence-electron chi connectivity index (χ1n) is 7.67. The van der Waals surface area contributed by atoms with Crippen LogP contribution in [0.4, 0.5) is 0 Å². The second-order valence-corrected chi connectivity index (χ2v) is 6.28. The highest BCUT2D eigenvalue weighted by Gasteiger charge is 2.34. The number of imidazole rings is 1. The van der Waals surface area contributed by atoms with Crippen LogP contribution in [0.1, 0.15) is 28.9 Å². The van der Waals surface area contributed by atoms with E-state index in [9.17, 15) is 4.79 Å². The van der Waals surface area contributed by atoms with Gasteiger partial charge in [-0.2, -0.15) is 0 Å². The third-order valence-corrected chi connectivity index (χ3v) is 4.81. The average Bonchev–Trinajstić information content (AvgIpc) is 2.87. The Morgan fingerprint density at radius 1 is 1.29 bits per heavy atom. The first-order chi connectivity index (χ1) is 10.2. The third-order valence-electron chi connectivity index (χ3n) is 4.81. The van der Waals surface area contributed by atoms with Crippen molar-refractivity contribution in [2.45, 2.75) is 25.8 Å². The summed E-state index contributed by atoms with van der Waals surface area (Å²) in [5, 5.41) is 3.22. The monoisotopic (exact) mass is 284 g/mol. The van der Waals surface area contributed by atoms with E-state index >= 15 is 0 Å². The fourth-order valence-corrected chi connectivity index (χ4v) is 3.63. The molecule has 0 aliphatic carbocycles. The van der Waals surface area contributed by atoms with E-state index in [0.29, 0.717) is 17.5 Å². The molecule has 2 bridgehead atoms. The summed E-state index contributed by atoms with van der Waals surface area (Å²) in [5.74, 6) is 0.681. The molecule has 110 valence electrons. The lowest BCUT2D eigenvalue weighted by Crippen LogP contribution is -2.57. The normalized spacial score (nSPS) is 28.0. The number of aromatic nitrogens is 2. The maximum absolute atomic E-state index is 12.5. The molecule has 1 unspecified atom stereocenters. The van der Waals surface area contributed by atoms with E-state index in [2.05, 4.69) is 15.2 Å². The number of hydrogen-bond donors (Lipinski definition) is 1. The highest BCUT2D eigenvalue weighted by atomic mass is 16.1. The van der Waals surface area contributed by atoms with Gasteiger partial charge in [-0.25, -0.2) is 4.98 Å². The lowest BCUT2D eigenvalue weighted by Gasteiger charge is -2.44. The van der Waals surface area contributed by atoms with Crippen LogP contribution in [0.15, 0.2) is 24.5 Å². The van der Waals surface area contributed by atoms with Gasteiger partial charge in [-0.3, -0.25) is 4.79 Å². The molecule has 3 aliphatic rings. The summed E-state index contributed by atoms with van der Waals surface area (Å²) in [6.45, 7) is 5.34. The second kappa shape index (κ2) is 4.84. The summed E-state index contributed by atoms with van der Waals surface area (Å²) in [7, 11) is 0. The molecule has 21 heavy (non-hydrogen) atoms. The van der Waals surface area contributed by atoms with Crippen LogP contribution in [0.25, 0.3) is 5.65 Å². The summed E-state index contributed by atoms with van der Waals surface area (Å²) in [6, 6.07) is 4.07. The van der Waals surface area contributed by atoms with Crippen LogP contribution in [0.2, 0.25) is 0 Å². The molecular formula is C16H20N4O. The number of carbonyl (C=O) groups is 1. The van der Waals surface area contributed by atoms with Crippen molar-refractivity contribution in [1.29, 1.82) is 0 Å². The molecule has 0 spiro atoms. The fourth-order valence-electron chi connectivity index (χ4n) is 3.63. The maximum atomic E-state index is 12.5. The molecule has 5 heteroatoms. The van der Waals surface area contributed by atoms with Gasteiger partial charge in [0.2, 0.25) is 0 Å². The van der Waals surface area contributed by atoms with Crippen LogP contribution in [0.5, 0.6) is 0 Å². The summed E-state index contributed by atoms with van der Waals surface area (Å²) in [4.78, 5) is 19.3. The highest BCUT2D eigenvalue weighted by molar-refractivity contribution is 5.94. The third kappa shape index (κ3) is 2.31. The van der Waals surface area contributed by atoms with Crippen LogP contribution in [-0.2, 0) is 0 Å². The predicted molar refractivity (Wildman–Crippen MR) is 80.3 cm³/mol. The van der Waals surface area contributed by atoms with Crippen LogP contribution >= 0.6 is 0 Å². The lowest BCUT2D eigenvalue weighted by atomic mass is 9.84. The number of piperidine rings is 3. The molecule has 0 aromatic carbocycles. The summed E-state index contributed by atoms with van der Waals surface area (Å²) in [6.07, 6.45) is 6.24. The zero-order valence-corrected chi connectivity index (χ0v) is 12.2. The summed E-state index contributed by atoms with van der Waals surface area (Å²) >= 11 is 0. The maximum Gasteiger partial charge on any atom is 0.253 e. The Morgan fingerprint density at radius 2 is 2.10 bits per heavy atom. The summed E-state index contributed by atoms with van der Waals surface area (Å²) in [5.41, 5.74) is 2.55. The Kier molecular flexibility index (Phi) is 2.96. The van der Waals surface area contributed by atoms with E-state index in [1.165, 1.54) is 25.9 Å². The van der Waals surface area contributed by atoms with E-state index in [0.717, 1.165) is 17.9 Å². The molecule has 3 fully saturated rings. The van der Waals surface area contributed by atoms with Crippen molar-refractivity contribution in [2.75, 3.05) is 19.6 Å². The second-order valence-electron chi connectivity index (χ2n) is 6.28. The molecule has 0 radical (unpaired) electrons. The Balaban J connectivity index is 1.53. The number of amides is 1. The van der Waals surface area contributed by atoms with Crippen LogP contribution < -0.4 is 5.32 Å². The molecule has 2 aromatic rings. The molecular weight excluding hydrogens is 264 g/mol. The molecule has 5 nitrogen and oxygen atoms in total. The van der Waals surface area contributed by atoms with Gasteiger partial charge in [0.1, 0.15) is 5.65 Å². The number of hydrogen-bond acceptors (Lipinski definition) is 3. The minimum absolute atomic E-state index is 0.0296. The molecule has 1 N–H and O–H groups in total. The Hall–Kier alpha value is -1.88. The molecule has 5 heterocycles. The first-order valence-corrected chi connectivity index (χ1v) is 7.67. The minimum atomic E-state index is 0.0296. The summed E-state index contributed by atoms with van der Waals surface area (Å²) < 4.78 is 1.92. The van der Waals surface area contributed by atoms with Crippen LogP contribution in [0, 0.1) is 12.8 Å². The number of nitrogens with zero attached hydrogens (tertiary/aromatic N) is 3. The van der Waals surface area contributed by atoms with E-state index in [-0.39, 0.29) is 5.91 Å². The van der Waals surface area contributed by atoms with Gasteiger partial charge >= 0.3 is 0 Å². The van der Waals surface area contributed by atoms with Gasteiger partial charge in [0.15, 0.2) is 0 Å². The van der Waals surface area contributed by atoms with E-state index in [1.807, 2.05) is 35.9 Å². The van der Waals surface area contributed by atoms with Gasteiger partial charge in [0.05, 0.1) is 11.3 Å². The van der Waals surface area contributed by atoms with Gasteiger partial charge in [-0.1, -0.05) is 0 Å². The van der Waals surface area contributed by atoms with Crippen LogP contribution in [0.3, 0.4) is 0 Å². The van der Waals surface area contributed by atoms with Gasteiger partial charge in [-0.05, 0) is 50.9 Å². The molecule has 5 rings (SSSR count). The molecule has 1 amide bonds. The van der Waals surface area contributed by atoms with Crippen molar-refractivity contribution in [2.24, 2.45) is 5.92 Å². The van der Waals surface area contributed by atoms with Gasteiger partial charge < -0.3 is 14.6 Å². The fraction of sp³-hybridized carbons (Fsp3) is 0.500. The van der Waals surface area contributed by atoms with Crippen LogP contribution in [-0.4, -0.2) is 45.9 Å². The Bertz CT molecular complexity index is 685. The van der Waals surface area contributed by atoms with Crippen molar-refractivity contribution in [3.05, 3.63) is 35.8 Å². The quantitative estimate of drug-likeness (QED) is 0.908. The zero-order chi connectivity index (χ0) is 14.4. The SMILES string of the molecule is Cc1cn2cc(C(=O)NC3CN4CCC3CC4)ccc2n1. The lowest BCUT2D eigenvalue weighted by molar-refractivity contribution is 0.0620. The number of nitrogens with one attached hydrogen (secondary N) is 1. The number of rotatable bonds is 2. The molecule has 0 saturated carbocycles. The van der Waals surface area contributed by atoms with Gasteiger partial charge in [0.25, 0.3) is 5.91 Å². The van der Waals surface area contributed by atoms with Gasteiger partial charge in [0, 0.05) is 25.0 Å². The average molecular weight is 284 g/mol. The largest absolute Gasteiger partial charge is 0.348 e. The zero-order valence-electron chi connectivity index (χ0n) is 12.2. The topological polar surface area (TPSA) is 49.6 Å². The number of aryl methyl sites for hydroxylation is 1. The number of fused-ring (bicyclic) bond motifs is 4. The Labute approximate surface area is 124 Å². The number of pyridine rings is 1. The smallest absolute Gasteiger partial charge is 0.253 e. The molecule has 3 aliphatic heterocycles. The van der Waals surface area contributed by atoms with Crippen molar-refractivity contribution < 1.29 is 4.79 Å². The molecule has 3 saturated heterocycles. The molecule has 2 aromatic heterocycles. The van der Waals surface area contributed by atoms with E-state index in [1.54, 1.807) is 0 Å². The van der Waals surface area contributed by atoms with Crippen molar-refractivity contribution >= 4 is 11.6 Å². The highest BCUT2D eigenvalue weighted by Crippen LogP contribution is 2.27. The van der Waals surface area contributed by atoms with Crippen molar-refractivity contribution in [3.8, 4) is 0 Å². The number of carbonyl (C=O) groups excluding carboxylic acids is 1. The van der Waals surface area contributed by atoms with Crippen molar-refractivity contribution in [1.82, 2.24) is 19.6 Å². The standard InChI is InChI=1S/C16H20N4O/c1-11-8-20-9-13(2-3-15(20)17-11)16(21)18-14-10-19-6-4-12(14)5-7-19/h2-3,8-9,12,14H,4-7,10H2,1H3,(H,18,21). The minimum Gasteiger partial charge on any atom is -0.348 e. The van der Waals surface area contributed by atoms with E-state index < -0.39 is 0 Å². The van der Waals surface area contributed by atoms with Gasteiger partial charge in [-0.15, -0.1) is 0 Å². The first kappa shape index (κ1) is 12.8.